The number of aliphatic hydroxyl groups excluding tert-OH is 1. The lowest BCUT2D eigenvalue weighted by atomic mass is 9.97. The van der Waals surface area contributed by atoms with E-state index in [9.17, 15) is 14.7 Å². The minimum absolute atomic E-state index is 0.0282. The molecule has 2 aliphatic heterocycles. The highest BCUT2D eigenvalue weighted by atomic mass is 16.5. The summed E-state index contributed by atoms with van der Waals surface area (Å²) in [6, 6.07) is 7.38. The summed E-state index contributed by atoms with van der Waals surface area (Å²) < 4.78 is 11.4. The number of aliphatic hydroxyl groups is 1. The first-order valence-electron chi connectivity index (χ1n) is 11.6. The van der Waals surface area contributed by atoms with Crippen LogP contribution in [-0.4, -0.2) is 72.3 Å². The van der Waals surface area contributed by atoms with Gasteiger partial charge in [0.15, 0.2) is 0 Å². The summed E-state index contributed by atoms with van der Waals surface area (Å²) in [6.45, 7) is 10.5. The van der Waals surface area contributed by atoms with E-state index in [0.29, 0.717) is 49.1 Å². The lowest BCUT2D eigenvalue weighted by Gasteiger charge is -2.34. The van der Waals surface area contributed by atoms with Gasteiger partial charge >= 0.3 is 0 Å². The highest BCUT2D eigenvalue weighted by Gasteiger charge is 2.42. The first-order valence-corrected chi connectivity index (χ1v) is 11.6. The van der Waals surface area contributed by atoms with E-state index in [1.54, 1.807) is 0 Å². The number of piperidine rings is 1. The van der Waals surface area contributed by atoms with Crippen molar-refractivity contribution in [1.29, 1.82) is 0 Å². The fourth-order valence-corrected chi connectivity index (χ4v) is 4.10. The molecule has 0 bridgehead atoms. The number of carbonyl (C=O) groups excluding carboxylic acids is 2. The maximum atomic E-state index is 13.4. The average Bonchev–Trinajstić information content (AvgIpc) is 3.02. The number of rotatable bonds is 10. The fourth-order valence-electron chi connectivity index (χ4n) is 4.10. The molecule has 2 amide bonds. The van der Waals surface area contributed by atoms with E-state index < -0.39 is 0 Å². The number of imide groups is 1. The molecular weight excluding hydrogens is 408 g/mol. The molecule has 0 aliphatic carbocycles. The molecule has 0 radical (unpaired) electrons. The zero-order valence-electron chi connectivity index (χ0n) is 19.7. The summed E-state index contributed by atoms with van der Waals surface area (Å²) in [5, 5.41) is 9.66. The van der Waals surface area contributed by atoms with Crippen LogP contribution in [0.2, 0.25) is 0 Å². The average molecular weight is 445 g/mol. The van der Waals surface area contributed by atoms with Gasteiger partial charge in [0.05, 0.1) is 31.4 Å². The van der Waals surface area contributed by atoms with Gasteiger partial charge in [0, 0.05) is 19.7 Å². The first-order chi connectivity index (χ1) is 15.3. The number of benzene rings is 1. The number of nitrogens with zero attached hydrogens (tertiary/aromatic N) is 2. The largest absolute Gasteiger partial charge is 0.493 e. The molecule has 1 saturated heterocycles. The van der Waals surface area contributed by atoms with E-state index in [1.165, 1.54) is 4.90 Å². The number of hydrogen-bond donors (Lipinski definition) is 1. The number of amides is 2. The minimum atomic E-state index is -0.292. The van der Waals surface area contributed by atoms with Gasteiger partial charge in [0.1, 0.15) is 11.4 Å². The van der Waals surface area contributed by atoms with Crippen LogP contribution >= 0.6 is 0 Å². The van der Waals surface area contributed by atoms with Gasteiger partial charge in [0.25, 0.3) is 11.8 Å². The van der Waals surface area contributed by atoms with Crippen LogP contribution in [0.25, 0.3) is 5.57 Å². The summed E-state index contributed by atoms with van der Waals surface area (Å²) in [6.07, 6.45) is 1.83. The molecule has 1 atom stereocenters. The molecule has 1 aromatic carbocycles. The summed E-state index contributed by atoms with van der Waals surface area (Å²) in [5.41, 5.74) is 1.57. The third-order valence-electron chi connectivity index (χ3n) is 5.73. The van der Waals surface area contributed by atoms with E-state index in [0.717, 1.165) is 18.6 Å². The maximum Gasteiger partial charge on any atom is 0.277 e. The summed E-state index contributed by atoms with van der Waals surface area (Å²) in [7, 11) is 0. The van der Waals surface area contributed by atoms with Gasteiger partial charge in [-0.05, 0) is 56.2 Å². The Morgan fingerprint density at radius 3 is 2.44 bits per heavy atom. The van der Waals surface area contributed by atoms with Crippen LogP contribution in [0.4, 0.5) is 0 Å². The van der Waals surface area contributed by atoms with E-state index >= 15 is 0 Å². The number of hydrogen-bond acceptors (Lipinski definition) is 6. The highest BCUT2D eigenvalue weighted by molar-refractivity contribution is 6.35. The van der Waals surface area contributed by atoms with Crippen molar-refractivity contribution in [3.8, 4) is 5.75 Å². The van der Waals surface area contributed by atoms with Crippen molar-refractivity contribution in [2.45, 2.75) is 46.6 Å². The Kier molecular flexibility index (Phi) is 8.32. The number of likely N-dealkylation sites (tertiary alicyclic amines) is 1. The van der Waals surface area contributed by atoms with Crippen molar-refractivity contribution in [3.63, 3.8) is 0 Å². The van der Waals surface area contributed by atoms with Crippen LogP contribution in [0.1, 0.15) is 46.1 Å². The van der Waals surface area contributed by atoms with Gasteiger partial charge < -0.3 is 19.5 Å². The van der Waals surface area contributed by atoms with Crippen molar-refractivity contribution in [2.24, 2.45) is 11.8 Å². The second-order valence-electron chi connectivity index (χ2n) is 9.27. The Bertz CT molecular complexity index is 831. The lowest BCUT2D eigenvalue weighted by molar-refractivity contribution is -0.138. The smallest absolute Gasteiger partial charge is 0.277 e. The molecule has 2 heterocycles. The van der Waals surface area contributed by atoms with Crippen molar-refractivity contribution in [3.05, 3.63) is 35.5 Å². The second kappa shape index (κ2) is 11.0. The van der Waals surface area contributed by atoms with Crippen LogP contribution in [0.3, 0.4) is 0 Å². The Balaban J connectivity index is 1.90. The van der Waals surface area contributed by atoms with E-state index in [4.69, 9.17) is 9.47 Å². The van der Waals surface area contributed by atoms with E-state index in [1.807, 2.05) is 43.0 Å². The number of carbonyl (C=O) groups is 2. The van der Waals surface area contributed by atoms with E-state index in [-0.39, 0.29) is 37.0 Å². The van der Waals surface area contributed by atoms with Crippen LogP contribution in [-0.2, 0) is 14.3 Å². The quantitative estimate of drug-likeness (QED) is 0.559. The van der Waals surface area contributed by atoms with Crippen molar-refractivity contribution in [2.75, 3.05) is 39.5 Å². The van der Waals surface area contributed by atoms with Crippen LogP contribution < -0.4 is 4.74 Å². The topological polar surface area (TPSA) is 79.3 Å². The summed E-state index contributed by atoms with van der Waals surface area (Å²) in [5.74, 6) is 0.682. The fraction of sp³-hybridized carbons (Fsp3) is 0.600. The molecule has 1 fully saturated rings. The Hall–Kier alpha value is -2.38. The van der Waals surface area contributed by atoms with Crippen molar-refractivity contribution < 1.29 is 24.2 Å². The highest BCUT2D eigenvalue weighted by Crippen LogP contribution is 2.34. The standard InChI is InChI=1S/C25H36N2O5/c1-17(2)16-32-21-9-7-20(8-10-21)22-23(26-11-5-6-19(14-26)15-28)25(30)27(24(22)29)12-13-31-18(3)4/h7-10,17-19,28H,5-6,11-16H2,1-4H3. The van der Waals surface area contributed by atoms with Gasteiger partial charge in [-0.3, -0.25) is 14.5 Å². The van der Waals surface area contributed by atoms with Crippen molar-refractivity contribution >= 4 is 17.4 Å². The predicted molar refractivity (Wildman–Crippen MR) is 123 cm³/mol. The summed E-state index contributed by atoms with van der Waals surface area (Å²) in [4.78, 5) is 30.0. The monoisotopic (exact) mass is 444 g/mol. The molecular formula is C25H36N2O5. The maximum absolute atomic E-state index is 13.4. The third-order valence-corrected chi connectivity index (χ3v) is 5.73. The molecule has 0 spiro atoms. The van der Waals surface area contributed by atoms with Crippen LogP contribution in [0.15, 0.2) is 30.0 Å². The van der Waals surface area contributed by atoms with Gasteiger partial charge in [0.2, 0.25) is 0 Å². The molecule has 1 N–H and O–H groups in total. The molecule has 1 aromatic rings. The first kappa shape index (κ1) is 24.3. The summed E-state index contributed by atoms with van der Waals surface area (Å²) >= 11 is 0. The molecule has 0 aromatic heterocycles. The molecule has 32 heavy (non-hydrogen) atoms. The molecule has 176 valence electrons. The normalized spacial score (nSPS) is 19.7. The lowest BCUT2D eigenvalue weighted by Crippen LogP contribution is -2.41. The zero-order chi connectivity index (χ0) is 23.3. The molecule has 2 aliphatic rings. The molecule has 1 unspecified atom stereocenters. The zero-order valence-corrected chi connectivity index (χ0v) is 19.7. The van der Waals surface area contributed by atoms with Crippen molar-refractivity contribution in [1.82, 2.24) is 9.80 Å². The Morgan fingerprint density at radius 2 is 1.81 bits per heavy atom. The molecule has 0 saturated carbocycles. The van der Waals surface area contributed by atoms with E-state index in [2.05, 4.69) is 13.8 Å². The van der Waals surface area contributed by atoms with Gasteiger partial charge in [-0.25, -0.2) is 0 Å². The Labute approximate surface area is 191 Å². The number of ether oxygens (including phenoxy) is 2. The third kappa shape index (κ3) is 5.70. The second-order valence-corrected chi connectivity index (χ2v) is 9.27. The minimum Gasteiger partial charge on any atom is -0.493 e. The molecule has 7 heteroatoms. The van der Waals surface area contributed by atoms with Gasteiger partial charge in [-0.1, -0.05) is 26.0 Å². The Morgan fingerprint density at radius 1 is 1.09 bits per heavy atom. The molecule has 7 nitrogen and oxygen atoms in total. The van der Waals surface area contributed by atoms with Gasteiger partial charge in [-0.15, -0.1) is 0 Å². The van der Waals surface area contributed by atoms with Gasteiger partial charge in [-0.2, -0.15) is 0 Å². The predicted octanol–water partition coefficient (Wildman–Crippen LogP) is 2.93. The van der Waals surface area contributed by atoms with Crippen LogP contribution in [0, 0.1) is 11.8 Å². The van der Waals surface area contributed by atoms with Crippen LogP contribution in [0.5, 0.6) is 5.75 Å². The molecule has 3 rings (SSSR count). The SMILES string of the molecule is CC(C)COc1ccc(C2=C(N3CCCC(CO)C3)C(=O)N(CCOC(C)C)C2=O)cc1.